The summed E-state index contributed by atoms with van der Waals surface area (Å²) in [5.41, 5.74) is -0.0693. The van der Waals surface area contributed by atoms with E-state index >= 15 is 0 Å². The first-order valence-corrected chi connectivity index (χ1v) is 7.16. The highest BCUT2D eigenvalue weighted by Gasteiger charge is 2.38. The van der Waals surface area contributed by atoms with Crippen LogP contribution in [0.1, 0.15) is 20.8 Å². The Hall–Kier alpha value is -0.610. The molecule has 0 aromatic carbocycles. The van der Waals surface area contributed by atoms with Crippen molar-refractivity contribution in [2.24, 2.45) is 11.3 Å². The number of carbonyl (C=O) groups is 1. The van der Waals surface area contributed by atoms with Gasteiger partial charge in [-0.3, -0.25) is 4.79 Å². The second-order valence-electron chi connectivity index (χ2n) is 4.66. The fourth-order valence-corrected chi connectivity index (χ4v) is 3.25. The van der Waals surface area contributed by atoms with Gasteiger partial charge in [0.2, 0.25) is 0 Å². The van der Waals surface area contributed by atoms with E-state index in [4.69, 9.17) is 11.6 Å². The molecule has 1 aliphatic carbocycles. The van der Waals surface area contributed by atoms with Crippen LogP contribution in [0.15, 0.2) is 21.6 Å². The van der Waals surface area contributed by atoms with E-state index in [1.807, 2.05) is 20.8 Å². The minimum Gasteiger partial charge on any atom is -0.298 e. The van der Waals surface area contributed by atoms with E-state index < -0.39 is 15.3 Å². The van der Waals surface area contributed by atoms with Crippen molar-refractivity contribution in [1.82, 2.24) is 0 Å². The SMILES string of the molecule is CC1C(C=O)=CC(S(C)(=O)=O)=C(Cl)C1(C)C. The Balaban J connectivity index is 3.54. The van der Waals surface area contributed by atoms with E-state index in [0.29, 0.717) is 16.9 Å². The molecule has 16 heavy (non-hydrogen) atoms. The molecule has 0 radical (unpaired) electrons. The van der Waals surface area contributed by atoms with Gasteiger partial charge in [-0.2, -0.15) is 0 Å². The van der Waals surface area contributed by atoms with E-state index in [2.05, 4.69) is 0 Å². The summed E-state index contributed by atoms with van der Waals surface area (Å²) in [4.78, 5) is 11.0. The van der Waals surface area contributed by atoms with Crippen LogP contribution >= 0.6 is 11.6 Å². The van der Waals surface area contributed by atoms with Gasteiger partial charge in [0.05, 0.1) is 4.91 Å². The van der Waals surface area contributed by atoms with E-state index in [1.165, 1.54) is 6.08 Å². The average molecular weight is 263 g/mol. The lowest BCUT2D eigenvalue weighted by molar-refractivity contribution is -0.105. The predicted molar refractivity (Wildman–Crippen MR) is 64.8 cm³/mol. The molecule has 0 aromatic heterocycles. The maximum absolute atomic E-state index is 11.5. The maximum Gasteiger partial charge on any atom is 0.176 e. The van der Waals surface area contributed by atoms with Gasteiger partial charge in [0.1, 0.15) is 6.29 Å². The summed E-state index contributed by atoms with van der Waals surface area (Å²) < 4.78 is 23.1. The number of rotatable bonds is 2. The molecule has 0 bridgehead atoms. The molecule has 0 spiro atoms. The summed E-state index contributed by atoms with van der Waals surface area (Å²) in [6, 6.07) is 0. The van der Waals surface area contributed by atoms with Crippen LogP contribution in [0.5, 0.6) is 0 Å². The molecule has 3 nitrogen and oxygen atoms in total. The number of carbonyl (C=O) groups excluding carboxylic acids is 1. The molecule has 90 valence electrons. The van der Waals surface area contributed by atoms with Crippen LogP contribution in [-0.4, -0.2) is 21.0 Å². The van der Waals surface area contributed by atoms with Crippen molar-refractivity contribution in [3.8, 4) is 0 Å². The van der Waals surface area contributed by atoms with Gasteiger partial charge in [0, 0.05) is 16.7 Å². The molecule has 0 saturated heterocycles. The number of hydrogen-bond acceptors (Lipinski definition) is 3. The molecule has 5 heteroatoms. The lowest BCUT2D eigenvalue weighted by Gasteiger charge is -2.35. The van der Waals surface area contributed by atoms with Crippen LogP contribution < -0.4 is 0 Å². The summed E-state index contributed by atoms with van der Waals surface area (Å²) in [6.45, 7) is 5.53. The summed E-state index contributed by atoms with van der Waals surface area (Å²) >= 11 is 6.12. The zero-order chi connectivity index (χ0) is 12.7. The number of aldehydes is 1. The number of halogens is 1. The summed E-state index contributed by atoms with van der Waals surface area (Å²) in [5.74, 6) is -0.0944. The third-order valence-electron chi connectivity index (χ3n) is 3.20. The third-order valence-corrected chi connectivity index (χ3v) is 5.12. The second kappa shape index (κ2) is 4.00. The molecular formula is C11H15ClO3S. The Bertz CT molecular complexity index is 483. The van der Waals surface area contributed by atoms with Gasteiger partial charge in [0.15, 0.2) is 9.84 Å². The number of allylic oxidation sites excluding steroid dienone is 3. The fraction of sp³-hybridized carbons (Fsp3) is 0.545. The molecule has 0 saturated carbocycles. The molecule has 0 fully saturated rings. The van der Waals surface area contributed by atoms with E-state index in [0.717, 1.165) is 6.26 Å². The van der Waals surface area contributed by atoms with Crippen LogP contribution in [0.2, 0.25) is 0 Å². The third kappa shape index (κ3) is 2.09. The largest absolute Gasteiger partial charge is 0.298 e. The first-order chi connectivity index (χ1) is 7.12. The van der Waals surface area contributed by atoms with Crippen LogP contribution in [-0.2, 0) is 14.6 Å². The van der Waals surface area contributed by atoms with Gasteiger partial charge in [-0.15, -0.1) is 0 Å². The molecule has 0 heterocycles. The second-order valence-corrected chi connectivity index (χ2v) is 7.02. The van der Waals surface area contributed by atoms with Gasteiger partial charge in [-0.25, -0.2) is 8.42 Å². The zero-order valence-corrected chi connectivity index (χ0v) is 11.3. The lowest BCUT2D eigenvalue weighted by atomic mass is 9.73. The zero-order valence-electron chi connectivity index (χ0n) is 9.74. The van der Waals surface area contributed by atoms with Gasteiger partial charge < -0.3 is 0 Å². The molecule has 1 unspecified atom stereocenters. The van der Waals surface area contributed by atoms with E-state index in [-0.39, 0.29) is 10.8 Å². The van der Waals surface area contributed by atoms with Gasteiger partial charge >= 0.3 is 0 Å². The smallest absolute Gasteiger partial charge is 0.176 e. The molecule has 1 aliphatic rings. The molecule has 0 N–H and O–H groups in total. The monoisotopic (exact) mass is 262 g/mol. The van der Waals surface area contributed by atoms with Crippen LogP contribution in [0.25, 0.3) is 0 Å². The first-order valence-electron chi connectivity index (χ1n) is 4.89. The van der Waals surface area contributed by atoms with E-state index in [1.54, 1.807) is 0 Å². The average Bonchev–Trinajstić information content (AvgIpc) is 2.14. The van der Waals surface area contributed by atoms with Gasteiger partial charge in [-0.1, -0.05) is 32.4 Å². The van der Waals surface area contributed by atoms with E-state index in [9.17, 15) is 13.2 Å². The van der Waals surface area contributed by atoms with Crippen molar-refractivity contribution in [2.45, 2.75) is 20.8 Å². The lowest BCUT2D eigenvalue weighted by Crippen LogP contribution is -2.29. The highest BCUT2D eigenvalue weighted by Crippen LogP contribution is 2.46. The predicted octanol–water partition coefficient (Wildman–Crippen LogP) is 2.28. The molecule has 1 atom stereocenters. The topological polar surface area (TPSA) is 51.2 Å². The fourth-order valence-electron chi connectivity index (χ4n) is 1.67. The molecule has 0 aromatic rings. The summed E-state index contributed by atoms with van der Waals surface area (Å²) in [7, 11) is -3.40. The highest BCUT2D eigenvalue weighted by atomic mass is 35.5. The Morgan fingerprint density at radius 1 is 1.44 bits per heavy atom. The molecule has 0 amide bonds. The van der Waals surface area contributed by atoms with Crippen molar-refractivity contribution < 1.29 is 13.2 Å². The summed E-state index contributed by atoms with van der Waals surface area (Å²) in [6.07, 6.45) is 3.16. The minimum absolute atomic E-state index is 0.0550. The number of sulfone groups is 1. The first kappa shape index (κ1) is 13.5. The Labute approximate surface area is 101 Å². The Kier molecular flexibility index (Phi) is 3.37. The van der Waals surface area contributed by atoms with Crippen molar-refractivity contribution in [2.75, 3.05) is 6.26 Å². The highest BCUT2D eigenvalue weighted by molar-refractivity contribution is 7.94. The number of hydrogen-bond donors (Lipinski definition) is 0. The summed E-state index contributed by atoms with van der Waals surface area (Å²) in [5, 5.41) is 0.299. The Morgan fingerprint density at radius 3 is 2.31 bits per heavy atom. The molecular weight excluding hydrogens is 248 g/mol. The maximum atomic E-state index is 11.5. The van der Waals surface area contributed by atoms with Crippen LogP contribution in [0, 0.1) is 11.3 Å². The van der Waals surface area contributed by atoms with Crippen molar-refractivity contribution in [1.29, 1.82) is 0 Å². The van der Waals surface area contributed by atoms with Crippen molar-refractivity contribution in [3.05, 3.63) is 21.6 Å². The van der Waals surface area contributed by atoms with Crippen molar-refractivity contribution in [3.63, 3.8) is 0 Å². The van der Waals surface area contributed by atoms with Crippen LogP contribution in [0.3, 0.4) is 0 Å². The van der Waals surface area contributed by atoms with Crippen molar-refractivity contribution >= 4 is 27.7 Å². The standard InChI is InChI=1S/C11H15ClO3S/c1-7-8(6-13)5-9(16(4,14)15)10(12)11(7,2)3/h5-7H,1-4H3. The van der Waals surface area contributed by atoms with Gasteiger partial charge in [0.25, 0.3) is 0 Å². The van der Waals surface area contributed by atoms with Gasteiger partial charge in [-0.05, 0) is 17.6 Å². The normalized spacial score (nSPS) is 25.3. The Morgan fingerprint density at radius 2 is 1.94 bits per heavy atom. The quantitative estimate of drug-likeness (QED) is 0.718. The van der Waals surface area contributed by atoms with Crippen LogP contribution in [0.4, 0.5) is 0 Å². The minimum atomic E-state index is -3.40. The molecule has 1 rings (SSSR count). The molecule has 0 aliphatic heterocycles.